The average Bonchev–Trinajstić information content (AvgIpc) is 3.12. The average molecular weight is 358 g/mol. The standard InChI is InChI=1S/C22H35N3O/c1-2-8-21(26)23-18-22(11-6-7-12-22)19-25-15-13-24(14-16-25)17-20-9-4-3-5-10-20/h3-5,9-10H,2,6-8,11-19H2,1H3,(H,23,26). The smallest absolute Gasteiger partial charge is 0.220 e. The highest BCUT2D eigenvalue weighted by atomic mass is 16.1. The zero-order valence-electron chi connectivity index (χ0n) is 16.4. The molecular weight excluding hydrogens is 322 g/mol. The van der Waals surface area contributed by atoms with Crippen molar-refractivity contribution in [3.63, 3.8) is 0 Å². The number of hydrogen-bond acceptors (Lipinski definition) is 3. The second-order valence-corrected chi connectivity index (χ2v) is 8.27. The summed E-state index contributed by atoms with van der Waals surface area (Å²) in [7, 11) is 0. The molecule has 2 fully saturated rings. The fourth-order valence-electron chi connectivity index (χ4n) is 4.54. The summed E-state index contributed by atoms with van der Waals surface area (Å²) in [5, 5.41) is 3.22. The molecule has 0 atom stereocenters. The fraction of sp³-hybridized carbons (Fsp3) is 0.682. The van der Waals surface area contributed by atoms with Gasteiger partial charge in [-0.05, 0) is 24.8 Å². The van der Waals surface area contributed by atoms with E-state index in [-0.39, 0.29) is 5.91 Å². The summed E-state index contributed by atoms with van der Waals surface area (Å²) >= 11 is 0. The van der Waals surface area contributed by atoms with Crippen LogP contribution in [0.1, 0.15) is 51.0 Å². The molecule has 4 heteroatoms. The van der Waals surface area contributed by atoms with Crippen molar-refractivity contribution in [2.75, 3.05) is 39.3 Å². The lowest BCUT2D eigenvalue weighted by molar-refractivity contribution is -0.121. The molecule has 1 amide bonds. The van der Waals surface area contributed by atoms with Crippen LogP contribution in [0, 0.1) is 5.41 Å². The highest BCUT2D eigenvalue weighted by Crippen LogP contribution is 2.38. The molecule has 26 heavy (non-hydrogen) atoms. The highest BCUT2D eigenvalue weighted by molar-refractivity contribution is 5.75. The molecule has 4 nitrogen and oxygen atoms in total. The van der Waals surface area contributed by atoms with Gasteiger partial charge in [-0.3, -0.25) is 9.69 Å². The summed E-state index contributed by atoms with van der Waals surface area (Å²) in [6.45, 7) is 9.75. The number of amides is 1. The predicted octanol–water partition coefficient (Wildman–Crippen LogP) is 3.28. The van der Waals surface area contributed by atoms with Crippen LogP contribution in [0.3, 0.4) is 0 Å². The molecule has 0 unspecified atom stereocenters. The van der Waals surface area contributed by atoms with E-state index in [1.165, 1.54) is 31.2 Å². The number of hydrogen-bond donors (Lipinski definition) is 1. The highest BCUT2D eigenvalue weighted by Gasteiger charge is 2.36. The van der Waals surface area contributed by atoms with Crippen LogP contribution in [0.25, 0.3) is 0 Å². The monoisotopic (exact) mass is 357 g/mol. The molecule has 1 aromatic rings. The molecule has 1 saturated heterocycles. The lowest BCUT2D eigenvalue weighted by Crippen LogP contribution is -2.51. The maximum Gasteiger partial charge on any atom is 0.220 e. The van der Waals surface area contributed by atoms with Gasteiger partial charge in [0.2, 0.25) is 5.91 Å². The Hall–Kier alpha value is -1.39. The first-order valence-electron chi connectivity index (χ1n) is 10.4. The van der Waals surface area contributed by atoms with Crippen LogP contribution in [0.5, 0.6) is 0 Å². The van der Waals surface area contributed by atoms with E-state index in [0.717, 1.165) is 52.2 Å². The first-order valence-corrected chi connectivity index (χ1v) is 10.4. The van der Waals surface area contributed by atoms with Gasteiger partial charge in [-0.15, -0.1) is 0 Å². The molecule has 144 valence electrons. The molecule has 2 aliphatic rings. The van der Waals surface area contributed by atoms with E-state index >= 15 is 0 Å². The number of piperazine rings is 1. The molecule has 1 aromatic carbocycles. The molecule has 0 spiro atoms. The summed E-state index contributed by atoms with van der Waals surface area (Å²) in [6, 6.07) is 10.8. The number of carbonyl (C=O) groups excluding carboxylic acids is 1. The largest absolute Gasteiger partial charge is 0.355 e. The second-order valence-electron chi connectivity index (χ2n) is 8.27. The van der Waals surface area contributed by atoms with Gasteiger partial charge in [-0.25, -0.2) is 0 Å². The van der Waals surface area contributed by atoms with Gasteiger partial charge in [0.25, 0.3) is 0 Å². The number of nitrogens with one attached hydrogen (secondary N) is 1. The fourth-order valence-corrected chi connectivity index (χ4v) is 4.54. The summed E-state index contributed by atoms with van der Waals surface area (Å²) in [4.78, 5) is 17.1. The van der Waals surface area contributed by atoms with Gasteiger partial charge < -0.3 is 10.2 Å². The Bertz CT molecular complexity index is 546. The van der Waals surface area contributed by atoms with Crippen LogP contribution in [-0.2, 0) is 11.3 Å². The molecular formula is C22H35N3O. The van der Waals surface area contributed by atoms with Crippen LogP contribution in [0.15, 0.2) is 30.3 Å². The van der Waals surface area contributed by atoms with E-state index in [0.29, 0.717) is 11.8 Å². The molecule has 3 rings (SSSR count). The van der Waals surface area contributed by atoms with Gasteiger partial charge in [0.15, 0.2) is 0 Å². The Morgan fingerprint density at radius 1 is 1.04 bits per heavy atom. The molecule has 0 aromatic heterocycles. The maximum absolute atomic E-state index is 11.9. The minimum Gasteiger partial charge on any atom is -0.355 e. The molecule has 1 N–H and O–H groups in total. The normalized spacial score (nSPS) is 21.0. The molecule has 1 aliphatic carbocycles. The third-order valence-electron chi connectivity index (χ3n) is 6.07. The Labute approximate surface area is 158 Å². The minimum atomic E-state index is 0.228. The van der Waals surface area contributed by atoms with Crippen molar-refractivity contribution in [1.29, 1.82) is 0 Å². The van der Waals surface area contributed by atoms with Gasteiger partial charge >= 0.3 is 0 Å². The second kappa shape index (κ2) is 9.52. The van der Waals surface area contributed by atoms with Crippen molar-refractivity contribution in [3.05, 3.63) is 35.9 Å². The van der Waals surface area contributed by atoms with Gasteiger partial charge in [0.05, 0.1) is 0 Å². The van der Waals surface area contributed by atoms with Crippen LogP contribution in [-0.4, -0.2) is 55.0 Å². The van der Waals surface area contributed by atoms with E-state index in [9.17, 15) is 4.79 Å². The van der Waals surface area contributed by atoms with Crippen molar-refractivity contribution in [2.45, 2.75) is 52.0 Å². The van der Waals surface area contributed by atoms with Crippen molar-refractivity contribution in [1.82, 2.24) is 15.1 Å². The van der Waals surface area contributed by atoms with Gasteiger partial charge in [0.1, 0.15) is 0 Å². The first kappa shape index (κ1) is 19.4. The maximum atomic E-state index is 11.9. The number of nitrogens with zero attached hydrogens (tertiary/aromatic N) is 2. The van der Waals surface area contributed by atoms with Crippen molar-refractivity contribution in [2.24, 2.45) is 5.41 Å². The quantitative estimate of drug-likeness (QED) is 0.775. The lowest BCUT2D eigenvalue weighted by Gasteiger charge is -2.40. The van der Waals surface area contributed by atoms with Crippen molar-refractivity contribution < 1.29 is 4.79 Å². The summed E-state index contributed by atoms with van der Waals surface area (Å²) < 4.78 is 0. The van der Waals surface area contributed by atoms with Crippen LogP contribution in [0.4, 0.5) is 0 Å². The molecule has 1 heterocycles. The first-order chi connectivity index (χ1) is 12.7. The van der Waals surface area contributed by atoms with Gasteiger partial charge in [0, 0.05) is 57.6 Å². The van der Waals surface area contributed by atoms with Crippen molar-refractivity contribution >= 4 is 5.91 Å². The predicted molar refractivity (Wildman–Crippen MR) is 107 cm³/mol. The molecule has 1 aliphatic heterocycles. The zero-order chi connectivity index (χ0) is 18.2. The van der Waals surface area contributed by atoms with Crippen LogP contribution >= 0.6 is 0 Å². The van der Waals surface area contributed by atoms with Gasteiger partial charge in [-0.2, -0.15) is 0 Å². The Balaban J connectivity index is 1.46. The zero-order valence-corrected chi connectivity index (χ0v) is 16.4. The number of carbonyl (C=O) groups is 1. The Morgan fingerprint density at radius 2 is 1.69 bits per heavy atom. The van der Waals surface area contributed by atoms with Gasteiger partial charge in [-0.1, -0.05) is 50.1 Å². The number of rotatable bonds is 8. The van der Waals surface area contributed by atoms with Crippen molar-refractivity contribution in [3.8, 4) is 0 Å². The van der Waals surface area contributed by atoms with E-state index in [4.69, 9.17) is 0 Å². The van der Waals surface area contributed by atoms with E-state index in [2.05, 4.69) is 52.4 Å². The third-order valence-corrected chi connectivity index (χ3v) is 6.07. The summed E-state index contributed by atoms with van der Waals surface area (Å²) in [6.07, 6.45) is 6.76. The number of benzene rings is 1. The van der Waals surface area contributed by atoms with Crippen LogP contribution in [0.2, 0.25) is 0 Å². The summed E-state index contributed by atoms with van der Waals surface area (Å²) in [5.41, 5.74) is 1.72. The van der Waals surface area contributed by atoms with E-state index in [1.807, 2.05) is 0 Å². The summed E-state index contributed by atoms with van der Waals surface area (Å²) in [5.74, 6) is 0.228. The molecule has 0 bridgehead atoms. The van der Waals surface area contributed by atoms with E-state index in [1.54, 1.807) is 0 Å². The van der Waals surface area contributed by atoms with E-state index < -0.39 is 0 Å². The van der Waals surface area contributed by atoms with Crippen LogP contribution < -0.4 is 5.32 Å². The minimum absolute atomic E-state index is 0.228. The molecule has 1 saturated carbocycles. The Kier molecular flexibility index (Phi) is 7.09. The topological polar surface area (TPSA) is 35.6 Å². The lowest BCUT2D eigenvalue weighted by atomic mass is 9.85. The third kappa shape index (κ3) is 5.55. The molecule has 0 radical (unpaired) electrons. The SMILES string of the molecule is CCCC(=O)NCC1(CN2CCN(Cc3ccccc3)CC2)CCCC1. The Morgan fingerprint density at radius 3 is 2.35 bits per heavy atom.